The molecule has 0 bridgehead atoms. The van der Waals surface area contributed by atoms with Crippen LogP contribution in [-0.4, -0.2) is 30.1 Å². The minimum atomic E-state index is -4.15. The summed E-state index contributed by atoms with van der Waals surface area (Å²) >= 11 is 3.36. The van der Waals surface area contributed by atoms with Crippen LogP contribution < -0.4 is 0 Å². The number of likely N-dealkylation sites (tertiary alicyclic amines) is 1. The Hall–Kier alpha value is -1.04. The number of amides is 1. The Morgan fingerprint density at radius 2 is 1.90 bits per heavy atom. The van der Waals surface area contributed by atoms with Gasteiger partial charge in [-0.25, -0.2) is 0 Å². The molecule has 2 nitrogen and oxygen atoms in total. The summed E-state index contributed by atoms with van der Waals surface area (Å²) in [5, 5.41) is 0. The van der Waals surface area contributed by atoms with E-state index in [1.54, 1.807) is 12.1 Å². The first kappa shape index (κ1) is 15.4. The van der Waals surface area contributed by atoms with Crippen molar-refractivity contribution in [2.75, 3.05) is 13.1 Å². The summed E-state index contributed by atoms with van der Waals surface area (Å²) < 4.78 is 38.5. The molecule has 0 aromatic heterocycles. The van der Waals surface area contributed by atoms with Crippen molar-refractivity contribution in [1.82, 2.24) is 4.90 Å². The van der Waals surface area contributed by atoms with Crippen LogP contribution in [0.15, 0.2) is 22.7 Å². The lowest BCUT2D eigenvalue weighted by molar-refractivity contribution is -0.183. The van der Waals surface area contributed by atoms with Gasteiger partial charge in [-0.2, -0.15) is 13.2 Å². The predicted molar refractivity (Wildman–Crippen MR) is 73.6 cm³/mol. The van der Waals surface area contributed by atoms with E-state index >= 15 is 0 Å². The highest BCUT2D eigenvalue weighted by molar-refractivity contribution is 9.10. The van der Waals surface area contributed by atoms with Crippen molar-refractivity contribution in [3.63, 3.8) is 0 Å². The molecule has 0 radical (unpaired) electrons. The number of carbonyl (C=O) groups is 1. The minimum Gasteiger partial charge on any atom is -0.339 e. The maximum absolute atomic E-state index is 12.6. The van der Waals surface area contributed by atoms with Crippen LogP contribution in [0, 0.1) is 12.8 Å². The average molecular weight is 350 g/mol. The standard InChI is InChI=1S/C14H15BrF3NO/c1-9-3-2-4-11(12(9)15)13(20)19-7-5-10(6-8-19)14(16,17)18/h2-4,10H,5-8H2,1H3. The summed E-state index contributed by atoms with van der Waals surface area (Å²) in [6.07, 6.45) is -4.18. The van der Waals surface area contributed by atoms with Gasteiger partial charge in [0, 0.05) is 17.6 Å². The van der Waals surface area contributed by atoms with Gasteiger partial charge in [-0.15, -0.1) is 0 Å². The lowest BCUT2D eigenvalue weighted by Crippen LogP contribution is -2.42. The number of rotatable bonds is 1. The molecule has 1 aliphatic heterocycles. The molecular weight excluding hydrogens is 335 g/mol. The number of benzene rings is 1. The van der Waals surface area contributed by atoms with E-state index in [9.17, 15) is 18.0 Å². The molecule has 1 aromatic carbocycles. The minimum absolute atomic E-state index is 0.0152. The van der Waals surface area contributed by atoms with Gasteiger partial charge in [-0.3, -0.25) is 4.79 Å². The first-order chi connectivity index (χ1) is 9.30. The van der Waals surface area contributed by atoms with Crippen LogP contribution in [0.25, 0.3) is 0 Å². The highest BCUT2D eigenvalue weighted by atomic mass is 79.9. The summed E-state index contributed by atoms with van der Waals surface area (Å²) in [6.45, 7) is 2.18. The second-order valence-corrected chi connectivity index (χ2v) is 5.84. The Morgan fingerprint density at radius 1 is 1.30 bits per heavy atom. The number of hydrogen-bond donors (Lipinski definition) is 0. The van der Waals surface area contributed by atoms with E-state index in [2.05, 4.69) is 15.9 Å². The van der Waals surface area contributed by atoms with Crippen LogP contribution in [0.4, 0.5) is 13.2 Å². The molecule has 0 spiro atoms. The number of nitrogens with zero attached hydrogens (tertiary/aromatic N) is 1. The maximum atomic E-state index is 12.6. The molecule has 1 aliphatic rings. The molecule has 1 heterocycles. The predicted octanol–water partition coefficient (Wildman–Crippen LogP) is 4.17. The lowest BCUT2D eigenvalue weighted by Gasteiger charge is -2.33. The third-order valence-electron chi connectivity index (χ3n) is 3.67. The highest BCUT2D eigenvalue weighted by Crippen LogP contribution is 2.34. The van der Waals surface area contributed by atoms with Crippen LogP contribution in [0.2, 0.25) is 0 Å². The fraction of sp³-hybridized carbons (Fsp3) is 0.500. The monoisotopic (exact) mass is 349 g/mol. The van der Waals surface area contributed by atoms with Crippen molar-refractivity contribution < 1.29 is 18.0 Å². The van der Waals surface area contributed by atoms with Gasteiger partial charge in [-0.05, 0) is 47.3 Å². The second kappa shape index (κ2) is 5.76. The fourth-order valence-electron chi connectivity index (χ4n) is 2.39. The number of carbonyl (C=O) groups excluding carboxylic acids is 1. The van der Waals surface area contributed by atoms with E-state index < -0.39 is 12.1 Å². The van der Waals surface area contributed by atoms with E-state index in [0.29, 0.717) is 10.0 Å². The molecular formula is C14H15BrF3NO. The molecule has 1 saturated heterocycles. The van der Waals surface area contributed by atoms with E-state index in [0.717, 1.165) is 5.56 Å². The highest BCUT2D eigenvalue weighted by Gasteiger charge is 2.41. The zero-order chi connectivity index (χ0) is 14.9. The van der Waals surface area contributed by atoms with Crippen molar-refractivity contribution in [2.45, 2.75) is 25.9 Å². The van der Waals surface area contributed by atoms with Crippen molar-refractivity contribution in [3.8, 4) is 0 Å². The quantitative estimate of drug-likeness (QED) is 0.744. The van der Waals surface area contributed by atoms with Gasteiger partial charge in [0.1, 0.15) is 0 Å². The zero-order valence-corrected chi connectivity index (χ0v) is 12.6. The number of hydrogen-bond acceptors (Lipinski definition) is 1. The van der Waals surface area contributed by atoms with E-state index in [4.69, 9.17) is 0 Å². The van der Waals surface area contributed by atoms with Crippen LogP contribution in [0.5, 0.6) is 0 Å². The zero-order valence-electron chi connectivity index (χ0n) is 11.0. The summed E-state index contributed by atoms with van der Waals surface area (Å²) in [7, 11) is 0. The molecule has 1 amide bonds. The second-order valence-electron chi connectivity index (χ2n) is 5.04. The number of alkyl halides is 3. The number of aryl methyl sites for hydroxylation is 1. The maximum Gasteiger partial charge on any atom is 0.391 e. The average Bonchev–Trinajstić information content (AvgIpc) is 2.40. The van der Waals surface area contributed by atoms with Gasteiger partial charge in [0.2, 0.25) is 0 Å². The summed E-state index contributed by atoms with van der Waals surface area (Å²) in [6, 6.07) is 5.34. The molecule has 0 unspecified atom stereocenters. The van der Waals surface area contributed by atoms with E-state index in [1.807, 2.05) is 13.0 Å². The molecule has 20 heavy (non-hydrogen) atoms. The third kappa shape index (κ3) is 3.16. The van der Waals surface area contributed by atoms with Gasteiger partial charge in [-0.1, -0.05) is 12.1 Å². The van der Waals surface area contributed by atoms with Crippen molar-refractivity contribution in [3.05, 3.63) is 33.8 Å². The van der Waals surface area contributed by atoms with Crippen LogP contribution >= 0.6 is 15.9 Å². The SMILES string of the molecule is Cc1cccc(C(=O)N2CCC(C(F)(F)F)CC2)c1Br. The van der Waals surface area contributed by atoms with Gasteiger partial charge in [0.25, 0.3) is 5.91 Å². The Balaban J connectivity index is 2.07. The molecule has 0 saturated carbocycles. The molecule has 1 aromatic rings. The normalized spacial score (nSPS) is 17.4. The third-order valence-corrected chi connectivity index (χ3v) is 4.72. The summed E-state index contributed by atoms with van der Waals surface area (Å²) in [5.41, 5.74) is 1.44. The molecule has 6 heteroatoms. The van der Waals surface area contributed by atoms with E-state index in [1.165, 1.54) is 4.90 Å². The smallest absolute Gasteiger partial charge is 0.339 e. The fourth-order valence-corrected chi connectivity index (χ4v) is 2.83. The van der Waals surface area contributed by atoms with Gasteiger partial charge in [0.15, 0.2) is 0 Å². The van der Waals surface area contributed by atoms with Crippen molar-refractivity contribution in [1.29, 1.82) is 0 Å². The van der Waals surface area contributed by atoms with Gasteiger partial charge in [0.05, 0.1) is 11.5 Å². The first-order valence-corrected chi connectivity index (χ1v) is 7.21. The Morgan fingerprint density at radius 3 is 2.45 bits per heavy atom. The van der Waals surface area contributed by atoms with E-state index in [-0.39, 0.29) is 31.8 Å². The Bertz CT molecular complexity index is 508. The number of piperidine rings is 1. The summed E-state index contributed by atoms with van der Waals surface area (Å²) in [4.78, 5) is 13.8. The first-order valence-electron chi connectivity index (χ1n) is 6.42. The number of halogens is 4. The van der Waals surface area contributed by atoms with Crippen LogP contribution in [-0.2, 0) is 0 Å². The molecule has 110 valence electrons. The summed E-state index contributed by atoms with van der Waals surface area (Å²) in [5.74, 6) is -1.49. The lowest BCUT2D eigenvalue weighted by atomic mass is 9.95. The Labute approximate surface area is 124 Å². The van der Waals surface area contributed by atoms with Crippen LogP contribution in [0.1, 0.15) is 28.8 Å². The van der Waals surface area contributed by atoms with Crippen molar-refractivity contribution in [2.24, 2.45) is 5.92 Å². The van der Waals surface area contributed by atoms with Gasteiger partial charge >= 0.3 is 6.18 Å². The Kier molecular flexibility index (Phi) is 4.42. The topological polar surface area (TPSA) is 20.3 Å². The molecule has 0 aliphatic carbocycles. The van der Waals surface area contributed by atoms with Crippen molar-refractivity contribution >= 4 is 21.8 Å². The molecule has 0 N–H and O–H groups in total. The van der Waals surface area contributed by atoms with Crippen LogP contribution in [0.3, 0.4) is 0 Å². The molecule has 2 rings (SSSR count). The largest absolute Gasteiger partial charge is 0.391 e. The molecule has 1 fully saturated rings. The van der Waals surface area contributed by atoms with Gasteiger partial charge < -0.3 is 4.90 Å². The molecule has 0 atom stereocenters.